The molecule has 0 saturated heterocycles. The summed E-state index contributed by atoms with van der Waals surface area (Å²) in [5, 5.41) is 2.75. The van der Waals surface area contributed by atoms with Crippen molar-refractivity contribution in [3.05, 3.63) is 59.4 Å². The fourth-order valence-electron chi connectivity index (χ4n) is 2.28. The smallest absolute Gasteiger partial charge is 0.260 e. The van der Waals surface area contributed by atoms with Gasteiger partial charge in [0.1, 0.15) is 23.9 Å². The first-order valence-electron chi connectivity index (χ1n) is 7.85. The zero-order valence-electron chi connectivity index (χ0n) is 14.1. The lowest BCUT2D eigenvalue weighted by Gasteiger charge is -2.16. The maximum absolute atomic E-state index is 12.8. The van der Waals surface area contributed by atoms with Crippen molar-refractivity contribution in [3.63, 3.8) is 0 Å². The zero-order chi connectivity index (χ0) is 17.5. The predicted molar refractivity (Wildman–Crippen MR) is 90.9 cm³/mol. The topological polar surface area (TPSA) is 47.6 Å². The van der Waals surface area contributed by atoms with E-state index in [2.05, 4.69) is 5.32 Å². The van der Waals surface area contributed by atoms with Crippen LogP contribution in [0.2, 0.25) is 0 Å². The predicted octanol–water partition coefficient (Wildman–Crippen LogP) is 3.41. The molecule has 0 aliphatic rings. The van der Waals surface area contributed by atoms with Gasteiger partial charge in [-0.3, -0.25) is 4.79 Å². The van der Waals surface area contributed by atoms with Crippen LogP contribution in [0.3, 0.4) is 0 Å². The Morgan fingerprint density at radius 2 is 1.71 bits per heavy atom. The summed E-state index contributed by atoms with van der Waals surface area (Å²) in [6, 6.07) is 11.6. The van der Waals surface area contributed by atoms with Crippen LogP contribution in [0.5, 0.6) is 11.5 Å². The van der Waals surface area contributed by atoms with Gasteiger partial charge in [0.25, 0.3) is 5.91 Å². The molecule has 2 rings (SSSR count). The average molecular weight is 331 g/mol. The molecule has 2 aromatic carbocycles. The van der Waals surface area contributed by atoms with Gasteiger partial charge in [-0.05, 0) is 68.3 Å². The summed E-state index contributed by atoms with van der Waals surface area (Å²) in [5.74, 6) is 0.716. The molecule has 0 saturated carbocycles. The van der Waals surface area contributed by atoms with Gasteiger partial charge in [0.05, 0.1) is 6.54 Å². The highest BCUT2D eigenvalue weighted by molar-refractivity contribution is 5.80. The molecule has 1 N–H and O–H groups in total. The molecule has 0 aliphatic heterocycles. The Hall–Kier alpha value is -2.56. The number of ether oxygens (including phenoxy) is 2. The van der Waals surface area contributed by atoms with Crippen molar-refractivity contribution in [1.29, 1.82) is 0 Å². The molecule has 2 aromatic rings. The number of benzene rings is 2. The number of hydrogen-bond donors (Lipinski definition) is 1. The molecule has 5 heteroatoms. The third kappa shape index (κ3) is 5.57. The van der Waals surface area contributed by atoms with Crippen LogP contribution in [0.25, 0.3) is 0 Å². The number of rotatable bonds is 7. The van der Waals surface area contributed by atoms with Crippen molar-refractivity contribution in [1.82, 2.24) is 5.32 Å². The molecule has 0 spiro atoms. The first-order valence-corrected chi connectivity index (χ1v) is 7.85. The highest BCUT2D eigenvalue weighted by atomic mass is 19.1. The van der Waals surface area contributed by atoms with E-state index in [0.717, 1.165) is 11.1 Å². The quantitative estimate of drug-likeness (QED) is 0.791. The number of halogens is 1. The van der Waals surface area contributed by atoms with E-state index in [4.69, 9.17) is 9.47 Å². The van der Waals surface area contributed by atoms with Gasteiger partial charge in [-0.1, -0.05) is 6.07 Å². The molecule has 128 valence electrons. The normalized spacial score (nSPS) is 11.7. The van der Waals surface area contributed by atoms with E-state index in [-0.39, 0.29) is 11.7 Å². The summed E-state index contributed by atoms with van der Waals surface area (Å²) in [4.78, 5) is 12.0. The average Bonchev–Trinajstić information content (AvgIpc) is 2.52. The van der Waals surface area contributed by atoms with Gasteiger partial charge < -0.3 is 14.8 Å². The van der Waals surface area contributed by atoms with Crippen molar-refractivity contribution in [2.45, 2.75) is 26.9 Å². The maximum atomic E-state index is 12.8. The summed E-state index contributed by atoms with van der Waals surface area (Å²) >= 11 is 0. The van der Waals surface area contributed by atoms with E-state index in [1.165, 1.54) is 12.1 Å². The van der Waals surface area contributed by atoms with Crippen LogP contribution < -0.4 is 14.8 Å². The number of carbonyl (C=O) groups is 1. The summed E-state index contributed by atoms with van der Waals surface area (Å²) in [6.07, 6.45) is -0.600. The van der Waals surface area contributed by atoms with Crippen LogP contribution in [0, 0.1) is 19.7 Å². The molecule has 1 atom stereocenters. The lowest BCUT2D eigenvalue weighted by Crippen LogP contribution is -2.38. The van der Waals surface area contributed by atoms with E-state index in [1.54, 1.807) is 19.1 Å². The van der Waals surface area contributed by atoms with Crippen LogP contribution in [0.1, 0.15) is 18.1 Å². The van der Waals surface area contributed by atoms with E-state index in [1.807, 2.05) is 32.0 Å². The van der Waals surface area contributed by atoms with E-state index >= 15 is 0 Å². The highest BCUT2D eigenvalue weighted by Gasteiger charge is 2.14. The summed E-state index contributed by atoms with van der Waals surface area (Å²) in [6.45, 7) is 6.31. The standard InChI is InChI=1S/C19H22FNO3/c1-13-10-14(2)12-18(11-13)24-15(3)19(22)21-8-9-23-17-6-4-16(20)5-7-17/h4-7,10-12,15H,8-9H2,1-3H3,(H,21,22). The number of nitrogens with one attached hydrogen (secondary N) is 1. The monoisotopic (exact) mass is 331 g/mol. The molecule has 24 heavy (non-hydrogen) atoms. The SMILES string of the molecule is Cc1cc(C)cc(OC(C)C(=O)NCCOc2ccc(F)cc2)c1. The summed E-state index contributed by atoms with van der Waals surface area (Å²) in [7, 11) is 0. The van der Waals surface area contributed by atoms with Gasteiger partial charge in [0, 0.05) is 0 Å². The van der Waals surface area contributed by atoms with Gasteiger partial charge >= 0.3 is 0 Å². The van der Waals surface area contributed by atoms with E-state index in [9.17, 15) is 9.18 Å². The molecule has 1 unspecified atom stereocenters. The number of aryl methyl sites for hydroxylation is 2. The second-order valence-corrected chi connectivity index (χ2v) is 5.68. The Labute approximate surface area is 141 Å². The van der Waals surface area contributed by atoms with Gasteiger partial charge in [-0.15, -0.1) is 0 Å². The Balaban J connectivity index is 1.74. The molecule has 0 fully saturated rings. The number of hydrogen-bond acceptors (Lipinski definition) is 3. The molecule has 0 aromatic heterocycles. The molecule has 0 radical (unpaired) electrons. The first kappa shape index (κ1) is 17.8. The lowest BCUT2D eigenvalue weighted by atomic mass is 10.1. The van der Waals surface area contributed by atoms with E-state index in [0.29, 0.717) is 24.7 Å². The Kier molecular flexibility index (Phi) is 6.18. The third-order valence-electron chi connectivity index (χ3n) is 3.36. The van der Waals surface area contributed by atoms with Crippen LogP contribution in [0.15, 0.2) is 42.5 Å². The van der Waals surface area contributed by atoms with Crippen molar-refractivity contribution in [2.75, 3.05) is 13.2 Å². The maximum Gasteiger partial charge on any atom is 0.260 e. The zero-order valence-corrected chi connectivity index (χ0v) is 14.1. The second-order valence-electron chi connectivity index (χ2n) is 5.68. The molecule has 0 aliphatic carbocycles. The highest BCUT2D eigenvalue weighted by Crippen LogP contribution is 2.17. The molecule has 4 nitrogen and oxygen atoms in total. The van der Waals surface area contributed by atoms with Crippen LogP contribution in [-0.2, 0) is 4.79 Å². The minimum Gasteiger partial charge on any atom is -0.492 e. The molecular formula is C19H22FNO3. The number of amides is 1. The molecule has 0 heterocycles. The van der Waals surface area contributed by atoms with Crippen molar-refractivity contribution in [3.8, 4) is 11.5 Å². The summed E-state index contributed by atoms with van der Waals surface area (Å²) in [5.41, 5.74) is 2.18. The van der Waals surface area contributed by atoms with Crippen LogP contribution in [-0.4, -0.2) is 25.2 Å². The van der Waals surface area contributed by atoms with Crippen molar-refractivity contribution >= 4 is 5.91 Å². The molecule has 1 amide bonds. The fraction of sp³-hybridized carbons (Fsp3) is 0.316. The van der Waals surface area contributed by atoms with Gasteiger partial charge in [0.15, 0.2) is 6.10 Å². The number of carbonyl (C=O) groups excluding carboxylic acids is 1. The van der Waals surface area contributed by atoms with Gasteiger partial charge in [0.2, 0.25) is 0 Å². The lowest BCUT2D eigenvalue weighted by molar-refractivity contribution is -0.127. The Morgan fingerprint density at radius 1 is 1.08 bits per heavy atom. The Bertz CT molecular complexity index is 665. The minimum atomic E-state index is -0.600. The second kappa shape index (κ2) is 8.34. The van der Waals surface area contributed by atoms with Crippen LogP contribution in [0.4, 0.5) is 4.39 Å². The largest absolute Gasteiger partial charge is 0.492 e. The first-order chi connectivity index (χ1) is 11.4. The van der Waals surface area contributed by atoms with Gasteiger partial charge in [-0.2, -0.15) is 0 Å². The minimum absolute atomic E-state index is 0.211. The summed E-state index contributed by atoms with van der Waals surface area (Å²) < 4.78 is 23.9. The fourth-order valence-corrected chi connectivity index (χ4v) is 2.28. The molecular weight excluding hydrogens is 309 g/mol. The Morgan fingerprint density at radius 3 is 2.33 bits per heavy atom. The van der Waals surface area contributed by atoms with Crippen LogP contribution >= 0.6 is 0 Å². The third-order valence-corrected chi connectivity index (χ3v) is 3.36. The van der Waals surface area contributed by atoms with Crippen molar-refractivity contribution < 1.29 is 18.7 Å². The van der Waals surface area contributed by atoms with Crippen molar-refractivity contribution in [2.24, 2.45) is 0 Å². The molecule has 0 bridgehead atoms. The van der Waals surface area contributed by atoms with E-state index < -0.39 is 6.10 Å². The van der Waals surface area contributed by atoms with Gasteiger partial charge in [-0.25, -0.2) is 4.39 Å².